The molecule has 3 aromatic rings. The van der Waals surface area contributed by atoms with Crippen molar-refractivity contribution in [1.82, 2.24) is 9.88 Å². The Morgan fingerprint density at radius 2 is 2.12 bits per heavy atom. The third kappa shape index (κ3) is 3.27. The number of anilines is 1. The topological polar surface area (TPSA) is 62.3 Å². The Morgan fingerprint density at radius 1 is 1.27 bits per heavy atom. The number of thiophene rings is 1. The lowest BCUT2D eigenvalue weighted by atomic mass is 10.1. The van der Waals surface area contributed by atoms with Crippen LogP contribution in [0.25, 0.3) is 0 Å². The van der Waals surface area contributed by atoms with E-state index in [0.29, 0.717) is 11.7 Å². The van der Waals surface area contributed by atoms with Gasteiger partial charge in [-0.15, -0.1) is 22.7 Å². The van der Waals surface area contributed by atoms with Crippen molar-refractivity contribution in [2.45, 2.75) is 25.9 Å². The van der Waals surface area contributed by atoms with Gasteiger partial charge in [0.15, 0.2) is 5.13 Å². The number of carbonyl (C=O) groups is 2. The summed E-state index contributed by atoms with van der Waals surface area (Å²) in [6, 6.07) is 11.3. The molecule has 0 saturated carbocycles. The fourth-order valence-corrected chi connectivity index (χ4v) is 4.67. The molecule has 0 spiro atoms. The molecule has 2 amide bonds. The van der Waals surface area contributed by atoms with Crippen molar-refractivity contribution in [3.05, 3.63) is 68.9 Å². The normalized spacial score (nSPS) is 14.3. The van der Waals surface area contributed by atoms with E-state index in [4.69, 9.17) is 0 Å². The van der Waals surface area contributed by atoms with Crippen LogP contribution in [0.3, 0.4) is 0 Å². The number of hydrogen-bond donors (Lipinski definition) is 1. The molecule has 1 aliphatic heterocycles. The molecule has 0 radical (unpaired) electrons. The molecule has 1 atom stereocenters. The van der Waals surface area contributed by atoms with Crippen LogP contribution in [0.15, 0.2) is 47.2 Å². The van der Waals surface area contributed by atoms with Crippen molar-refractivity contribution in [1.29, 1.82) is 0 Å². The number of hydrogen-bond acceptors (Lipinski definition) is 5. The summed E-state index contributed by atoms with van der Waals surface area (Å²) in [7, 11) is 0. The van der Waals surface area contributed by atoms with E-state index in [1.807, 2.05) is 54.1 Å². The van der Waals surface area contributed by atoms with Gasteiger partial charge in [0.2, 0.25) is 5.91 Å². The summed E-state index contributed by atoms with van der Waals surface area (Å²) in [5.41, 5.74) is 2.62. The van der Waals surface area contributed by atoms with Gasteiger partial charge in [-0.2, -0.15) is 0 Å². The average molecular weight is 383 g/mol. The number of nitrogens with one attached hydrogen (secondary N) is 1. The lowest BCUT2D eigenvalue weighted by Crippen LogP contribution is -2.31. The molecule has 0 saturated heterocycles. The molecule has 7 heteroatoms. The van der Waals surface area contributed by atoms with Crippen molar-refractivity contribution in [2.75, 3.05) is 5.32 Å². The van der Waals surface area contributed by atoms with Gasteiger partial charge in [-0.3, -0.25) is 9.59 Å². The molecule has 132 valence electrons. The number of carbonyl (C=O) groups excluding carboxylic acids is 2. The molecule has 2 aromatic heterocycles. The van der Waals surface area contributed by atoms with E-state index < -0.39 is 0 Å². The third-order valence-electron chi connectivity index (χ3n) is 4.34. The Hall–Kier alpha value is -2.51. The Morgan fingerprint density at radius 3 is 2.81 bits per heavy atom. The molecule has 5 nitrogen and oxygen atoms in total. The van der Waals surface area contributed by atoms with Crippen LogP contribution < -0.4 is 5.32 Å². The van der Waals surface area contributed by atoms with Crippen LogP contribution in [0, 0.1) is 6.92 Å². The van der Waals surface area contributed by atoms with Gasteiger partial charge in [0, 0.05) is 22.4 Å². The summed E-state index contributed by atoms with van der Waals surface area (Å²) in [5.74, 6) is -0.154. The van der Waals surface area contributed by atoms with Crippen molar-refractivity contribution in [3.63, 3.8) is 0 Å². The van der Waals surface area contributed by atoms with Gasteiger partial charge in [-0.1, -0.05) is 24.3 Å². The SMILES string of the molecule is Cc1csc(NC(=O)CC(c2cccs2)N2Cc3ccccc3C2=O)n1. The molecule has 4 rings (SSSR count). The molecule has 1 N–H and O–H groups in total. The number of aromatic nitrogens is 1. The molecule has 0 aliphatic carbocycles. The van der Waals surface area contributed by atoms with Gasteiger partial charge in [-0.25, -0.2) is 4.98 Å². The van der Waals surface area contributed by atoms with Crippen LogP contribution in [-0.2, 0) is 11.3 Å². The van der Waals surface area contributed by atoms with Crippen molar-refractivity contribution in [2.24, 2.45) is 0 Å². The first-order chi connectivity index (χ1) is 12.6. The first kappa shape index (κ1) is 16.9. The van der Waals surface area contributed by atoms with Gasteiger partial charge in [0.1, 0.15) is 0 Å². The fourth-order valence-electron chi connectivity index (χ4n) is 3.13. The molecule has 0 fully saturated rings. The Labute approximate surface area is 159 Å². The van der Waals surface area contributed by atoms with Crippen molar-refractivity contribution in [3.8, 4) is 0 Å². The minimum Gasteiger partial charge on any atom is -0.326 e. The summed E-state index contributed by atoms with van der Waals surface area (Å²) in [6.45, 7) is 2.42. The van der Waals surface area contributed by atoms with Crippen molar-refractivity contribution >= 4 is 39.6 Å². The van der Waals surface area contributed by atoms with E-state index in [9.17, 15) is 9.59 Å². The second-order valence-corrected chi connectivity index (χ2v) is 8.01. The van der Waals surface area contributed by atoms with Gasteiger partial charge >= 0.3 is 0 Å². The highest BCUT2D eigenvalue weighted by Gasteiger charge is 2.34. The first-order valence-electron chi connectivity index (χ1n) is 8.26. The Balaban J connectivity index is 1.56. The zero-order valence-corrected chi connectivity index (χ0v) is 15.8. The lowest BCUT2D eigenvalue weighted by molar-refractivity contribution is -0.117. The first-order valence-corrected chi connectivity index (χ1v) is 10.0. The standard InChI is InChI=1S/C19H17N3O2S2/c1-12-11-26-19(20-12)21-17(23)9-15(16-7-4-8-25-16)22-10-13-5-2-3-6-14(13)18(22)24/h2-8,11,15H,9-10H2,1H3,(H,20,21,23). The summed E-state index contributed by atoms with van der Waals surface area (Å²) < 4.78 is 0. The van der Waals surface area contributed by atoms with Crippen LogP contribution in [0.2, 0.25) is 0 Å². The quantitative estimate of drug-likeness (QED) is 0.717. The van der Waals surface area contributed by atoms with Crippen LogP contribution in [-0.4, -0.2) is 21.7 Å². The number of nitrogens with zero attached hydrogens (tertiary/aromatic N) is 2. The lowest BCUT2D eigenvalue weighted by Gasteiger charge is -2.26. The van der Waals surface area contributed by atoms with E-state index in [1.54, 1.807) is 16.2 Å². The number of fused-ring (bicyclic) bond motifs is 1. The highest BCUT2D eigenvalue weighted by Crippen LogP contribution is 2.35. The van der Waals surface area contributed by atoms with Crippen LogP contribution in [0.5, 0.6) is 0 Å². The maximum Gasteiger partial charge on any atom is 0.255 e. The van der Waals surface area contributed by atoms with Gasteiger partial charge in [0.05, 0.1) is 18.2 Å². The minimum absolute atomic E-state index is 0.0168. The molecule has 1 aliphatic rings. The summed E-state index contributed by atoms with van der Waals surface area (Å²) >= 11 is 2.97. The van der Waals surface area contributed by atoms with E-state index in [0.717, 1.165) is 21.7 Å². The molecule has 0 bridgehead atoms. The average Bonchev–Trinajstić information content (AvgIpc) is 3.35. The number of aryl methyl sites for hydroxylation is 1. The van der Waals surface area contributed by atoms with Gasteiger partial charge in [0.25, 0.3) is 5.91 Å². The summed E-state index contributed by atoms with van der Waals surface area (Å²) in [4.78, 5) is 32.5. The summed E-state index contributed by atoms with van der Waals surface area (Å²) in [5, 5.41) is 7.31. The van der Waals surface area contributed by atoms with Crippen molar-refractivity contribution < 1.29 is 9.59 Å². The van der Waals surface area contributed by atoms with Gasteiger partial charge < -0.3 is 10.2 Å². The van der Waals surface area contributed by atoms with Crippen LogP contribution >= 0.6 is 22.7 Å². The summed E-state index contributed by atoms with van der Waals surface area (Å²) in [6.07, 6.45) is 0.207. The smallest absolute Gasteiger partial charge is 0.255 e. The predicted octanol–water partition coefficient (Wildman–Crippen LogP) is 4.24. The maximum absolute atomic E-state index is 12.9. The number of thiazole rings is 1. The second kappa shape index (κ2) is 7.01. The van der Waals surface area contributed by atoms with Crippen LogP contribution in [0.1, 0.15) is 39.0 Å². The third-order valence-corrected chi connectivity index (χ3v) is 6.19. The maximum atomic E-state index is 12.9. The number of benzene rings is 1. The molecule has 1 aromatic carbocycles. The predicted molar refractivity (Wildman–Crippen MR) is 103 cm³/mol. The largest absolute Gasteiger partial charge is 0.326 e. The molecule has 3 heterocycles. The monoisotopic (exact) mass is 383 g/mol. The highest BCUT2D eigenvalue weighted by atomic mass is 32.1. The second-order valence-electron chi connectivity index (χ2n) is 6.17. The highest BCUT2D eigenvalue weighted by molar-refractivity contribution is 7.14. The molecular formula is C19H17N3O2S2. The zero-order chi connectivity index (χ0) is 18.1. The number of rotatable bonds is 5. The van der Waals surface area contributed by atoms with E-state index in [2.05, 4.69) is 10.3 Å². The fraction of sp³-hybridized carbons (Fsp3) is 0.211. The van der Waals surface area contributed by atoms with Crippen LogP contribution in [0.4, 0.5) is 5.13 Å². The van der Waals surface area contributed by atoms with E-state index >= 15 is 0 Å². The number of amides is 2. The Bertz CT molecular complexity index is 949. The zero-order valence-electron chi connectivity index (χ0n) is 14.1. The van der Waals surface area contributed by atoms with E-state index in [-0.39, 0.29) is 24.3 Å². The molecule has 26 heavy (non-hydrogen) atoms. The minimum atomic E-state index is -0.282. The molecular weight excluding hydrogens is 366 g/mol. The molecule has 1 unspecified atom stereocenters. The Kier molecular flexibility index (Phi) is 4.57. The van der Waals surface area contributed by atoms with E-state index in [1.165, 1.54) is 11.3 Å². The van der Waals surface area contributed by atoms with Gasteiger partial charge in [-0.05, 0) is 30.0 Å².